The van der Waals surface area contributed by atoms with E-state index in [1.807, 2.05) is 24.4 Å². The third kappa shape index (κ3) is 4.55. The highest BCUT2D eigenvalue weighted by Gasteiger charge is 2.16. The Labute approximate surface area is 175 Å². The zero-order valence-corrected chi connectivity index (χ0v) is 17.4. The van der Waals surface area contributed by atoms with E-state index >= 15 is 0 Å². The van der Waals surface area contributed by atoms with Crippen LogP contribution in [0.2, 0.25) is 0 Å². The number of nitrogens with one attached hydrogen (secondary N) is 5. The summed E-state index contributed by atoms with van der Waals surface area (Å²) in [5.74, 6) is 4.33. The van der Waals surface area contributed by atoms with Gasteiger partial charge >= 0.3 is 0 Å². The van der Waals surface area contributed by atoms with Crippen LogP contribution in [0.1, 0.15) is 19.4 Å². The lowest BCUT2D eigenvalue weighted by molar-refractivity contribution is 0.586. The van der Waals surface area contributed by atoms with Crippen LogP contribution in [0.15, 0.2) is 47.7 Å². The molecule has 0 bridgehead atoms. The lowest BCUT2D eigenvalue weighted by Crippen LogP contribution is -2.24. The summed E-state index contributed by atoms with van der Waals surface area (Å²) in [6, 6.07) is 7.83. The lowest BCUT2D eigenvalue weighted by atomic mass is 9.93. The first kappa shape index (κ1) is 21.6. The summed E-state index contributed by atoms with van der Waals surface area (Å²) in [6.07, 6.45) is 2.03. The number of hydrazine groups is 1. The number of halogens is 2. The molecule has 0 saturated heterocycles. The second-order valence-electron chi connectivity index (χ2n) is 7.02. The second-order valence-corrected chi connectivity index (χ2v) is 7.02. The van der Waals surface area contributed by atoms with Crippen molar-refractivity contribution in [2.75, 3.05) is 42.7 Å². The number of anilines is 4. The molecule has 0 aromatic heterocycles. The minimum Gasteiger partial charge on any atom is -0.387 e. The van der Waals surface area contributed by atoms with Crippen LogP contribution >= 0.6 is 0 Å². The van der Waals surface area contributed by atoms with Gasteiger partial charge in [0.2, 0.25) is 0 Å². The van der Waals surface area contributed by atoms with E-state index in [4.69, 9.17) is 5.84 Å². The average Bonchev–Trinajstić information content (AvgIpc) is 2.73. The van der Waals surface area contributed by atoms with Crippen LogP contribution in [-0.2, 0) is 0 Å². The molecule has 0 atom stereocenters. The standard InChI is InChI=1S/C22H28F2N6/c1-4-27-10-15-11-28-12-17(13(15)2)14-5-6-19(30-25)20(7-14)29-21-9-16(23)8-18(24)22(21)26-3/h5-9,11,26-30H,4,10,12,25H2,1-3H3. The van der Waals surface area contributed by atoms with Gasteiger partial charge in [-0.3, -0.25) is 5.84 Å². The van der Waals surface area contributed by atoms with E-state index in [2.05, 4.69) is 40.5 Å². The average molecular weight is 415 g/mol. The highest BCUT2D eigenvalue weighted by Crippen LogP contribution is 2.35. The van der Waals surface area contributed by atoms with Gasteiger partial charge in [0, 0.05) is 32.4 Å². The Hall–Kier alpha value is -3.10. The van der Waals surface area contributed by atoms with Gasteiger partial charge in [0.1, 0.15) is 5.82 Å². The molecule has 7 N–H and O–H groups in total. The van der Waals surface area contributed by atoms with Crippen LogP contribution in [0.25, 0.3) is 5.57 Å². The predicted molar refractivity (Wildman–Crippen MR) is 121 cm³/mol. The summed E-state index contributed by atoms with van der Waals surface area (Å²) in [7, 11) is 1.58. The molecule has 160 valence electrons. The molecule has 0 unspecified atom stereocenters. The predicted octanol–water partition coefficient (Wildman–Crippen LogP) is 3.91. The maximum absolute atomic E-state index is 14.2. The molecule has 0 saturated carbocycles. The minimum absolute atomic E-state index is 0.176. The summed E-state index contributed by atoms with van der Waals surface area (Å²) in [5.41, 5.74) is 8.84. The third-order valence-corrected chi connectivity index (χ3v) is 5.15. The summed E-state index contributed by atoms with van der Waals surface area (Å²) in [5, 5.41) is 12.5. The van der Waals surface area contributed by atoms with Crippen molar-refractivity contribution in [3.05, 3.63) is 64.9 Å². The largest absolute Gasteiger partial charge is 0.387 e. The third-order valence-electron chi connectivity index (χ3n) is 5.15. The van der Waals surface area contributed by atoms with Crippen LogP contribution in [0, 0.1) is 11.6 Å². The van der Waals surface area contributed by atoms with Gasteiger partial charge in [-0.15, -0.1) is 0 Å². The highest BCUT2D eigenvalue weighted by atomic mass is 19.1. The Kier molecular flexibility index (Phi) is 6.91. The van der Waals surface area contributed by atoms with E-state index in [1.165, 1.54) is 17.2 Å². The smallest absolute Gasteiger partial charge is 0.151 e. The number of hydrogen-bond donors (Lipinski definition) is 6. The Bertz CT molecular complexity index is 984. The molecule has 30 heavy (non-hydrogen) atoms. The SMILES string of the molecule is CCNCC1=CNCC(c2ccc(NN)c(Nc3cc(F)cc(F)c3NC)c2)=C1C. The van der Waals surface area contributed by atoms with Gasteiger partial charge in [0.15, 0.2) is 5.82 Å². The van der Waals surface area contributed by atoms with Crippen molar-refractivity contribution in [1.82, 2.24) is 10.6 Å². The lowest BCUT2D eigenvalue weighted by Gasteiger charge is -2.23. The quantitative estimate of drug-likeness (QED) is 0.290. The summed E-state index contributed by atoms with van der Waals surface area (Å²) in [6.45, 7) is 6.53. The van der Waals surface area contributed by atoms with Crippen LogP contribution < -0.4 is 32.5 Å². The van der Waals surface area contributed by atoms with Crippen molar-refractivity contribution < 1.29 is 8.78 Å². The van der Waals surface area contributed by atoms with Gasteiger partial charge in [-0.05, 0) is 54.0 Å². The Morgan fingerprint density at radius 3 is 2.60 bits per heavy atom. The molecule has 0 spiro atoms. The summed E-state index contributed by atoms with van der Waals surface area (Å²) < 4.78 is 28.0. The van der Waals surface area contributed by atoms with Crippen molar-refractivity contribution >= 4 is 28.3 Å². The van der Waals surface area contributed by atoms with E-state index in [1.54, 1.807) is 7.05 Å². The summed E-state index contributed by atoms with van der Waals surface area (Å²) >= 11 is 0. The molecule has 8 heteroatoms. The van der Waals surface area contributed by atoms with Crippen LogP contribution in [-0.4, -0.2) is 26.7 Å². The van der Waals surface area contributed by atoms with E-state index in [-0.39, 0.29) is 11.4 Å². The normalized spacial score (nSPS) is 13.6. The van der Waals surface area contributed by atoms with E-state index in [0.717, 1.165) is 30.3 Å². The van der Waals surface area contributed by atoms with Crippen LogP contribution in [0.4, 0.5) is 31.5 Å². The highest BCUT2D eigenvalue weighted by molar-refractivity contribution is 5.85. The monoisotopic (exact) mass is 414 g/mol. The fraction of sp³-hybridized carbons (Fsp3) is 0.273. The van der Waals surface area contributed by atoms with Gasteiger partial charge in [-0.25, -0.2) is 8.78 Å². The summed E-state index contributed by atoms with van der Waals surface area (Å²) in [4.78, 5) is 0. The first-order valence-electron chi connectivity index (χ1n) is 9.86. The maximum Gasteiger partial charge on any atom is 0.151 e. The number of likely N-dealkylation sites (N-methyl/N-ethyl adjacent to an activating group) is 1. The van der Waals surface area contributed by atoms with Crippen LogP contribution in [0.5, 0.6) is 0 Å². The number of nitrogens with two attached hydrogens (primary N) is 1. The molecule has 3 rings (SSSR count). The number of nitrogen functional groups attached to an aromatic ring is 1. The molecule has 1 aliphatic heterocycles. The fourth-order valence-corrected chi connectivity index (χ4v) is 3.51. The Morgan fingerprint density at radius 2 is 1.90 bits per heavy atom. The molecular formula is C22H28F2N6. The van der Waals surface area contributed by atoms with E-state index < -0.39 is 11.6 Å². The Balaban J connectivity index is 2.00. The zero-order chi connectivity index (χ0) is 21.7. The Morgan fingerprint density at radius 1 is 1.10 bits per heavy atom. The van der Waals surface area contributed by atoms with Crippen molar-refractivity contribution in [2.24, 2.45) is 5.84 Å². The van der Waals surface area contributed by atoms with E-state index in [9.17, 15) is 8.78 Å². The topological polar surface area (TPSA) is 86.2 Å². The number of hydrogen-bond acceptors (Lipinski definition) is 6. The maximum atomic E-state index is 14.2. The van der Waals surface area contributed by atoms with Gasteiger partial charge in [-0.2, -0.15) is 0 Å². The molecule has 2 aromatic rings. The first-order chi connectivity index (χ1) is 14.5. The number of benzene rings is 2. The van der Waals surface area contributed by atoms with E-state index in [0.29, 0.717) is 17.9 Å². The van der Waals surface area contributed by atoms with Gasteiger partial charge < -0.3 is 26.7 Å². The van der Waals surface area contributed by atoms with Crippen molar-refractivity contribution in [1.29, 1.82) is 0 Å². The molecule has 2 aromatic carbocycles. The molecule has 0 radical (unpaired) electrons. The molecule has 0 aliphatic carbocycles. The second kappa shape index (κ2) is 9.60. The van der Waals surface area contributed by atoms with Crippen LogP contribution in [0.3, 0.4) is 0 Å². The number of dihydropyridines is 1. The van der Waals surface area contributed by atoms with Gasteiger partial charge in [0.25, 0.3) is 0 Å². The first-order valence-corrected chi connectivity index (χ1v) is 9.86. The zero-order valence-electron chi connectivity index (χ0n) is 17.4. The molecule has 0 fully saturated rings. The van der Waals surface area contributed by atoms with Crippen molar-refractivity contribution in [3.63, 3.8) is 0 Å². The number of rotatable bonds is 8. The molecule has 6 nitrogen and oxygen atoms in total. The molecular weight excluding hydrogens is 386 g/mol. The molecule has 1 aliphatic rings. The molecule has 1 heterocycles. The van der Waals surface area contributed by atoms with Crippen molar-refractivity contribution in [2.45, 2.75) is 13.8 Å². The minimum atomic E-state index is -0.674. The van der Waals surface area contributed by atoms with Crippen molar-refractivity contribution in [3.8, 4) is 0 Å². The fourth-order valence-electron chi connectivity index (χ4n) is 3.51. The molecule has 0 amide bonds. The van der Waals surface area contributed by atoms with Gasteiger partial charge in [0.05, 0.1) is 22.7 Å². The van der Waals surface area contributed by atoms with Gasteiger partial charge in [-0.1, -0.05) is 13.0 Å².